The van der Waals surface area contributed by atoms with Crippen molar-refractivity contribution in [3.05, 3.63) is 92.1 Å². The van der Waals surface area contributed by atoms with Gasteiger partial charge in [0.15, 0.2) is 6.23 Å². The van der Waals surface area contributed by atoms with Crippen molar-refractivity contribution in [2.45, 2.75) is 237 Å². The molecule has 22 heteroatoms. The quantitative estimate of drug-likeness (QED) is 0.0496. The molecule has 15 atom stereocenters. The van der Waals surface area contributed by atoms with E-state index in [1.165, 1.54) is 39.3 Å². The normalized spacial score (nSPS) is 31.2. The summed E-state index contributed by atoms with van der Waals surface area (Å²) in [5.74, 6) is -0.536. The van der Waals surface area contributed by atoms with E-state index in [-0.39, 0.29) is 80.2 Å². The van der Waals surface area contributed by atoms with Crippen LogP contribution in [0.15, 0.2) is 58.7 Å². The number of benzene rings is 2. The highest BCUT2D eigenvalue weighted by Crippen LogP contribution is 2.50. The number of amides is 2. The van der Waals surface area contributed by atoms with Crippen LogP contribution in [0.5, 0.6) is 23.0 Å². The summed E-state index contributed by atoms with van der Waals surface area (Å²) in [6.45, 7) is 14.7. The third kappa shape index (κ3) is 14.3. The SMILES string of the molecule is CC(C)=CCC/C(C)=C/CC[C@@]1(C)Oc2c(c(O[C@@H]3O[C@H](CO)[C@@H](O)[C@H](O)[C@H]3O)cc3c2CN(CCCC(OC=O)N2Cc4c(cc(O[C@@H]5O[C@H](CO)[C@@H](O)[C@H](O)[C@H]5O)c5c4O[C@](C)(CC/C=C(\C)CCC=C(C)C)[C@@H](O)C5)C2=O)C3=O)C[C@@H]1O. The summed E-state index contributed by atoms with van der Waals surface area (Å²) in [6.07, 6.45) is -5.41. The highest BCUT2D eigenvalue weighted by Gasteiger charge is 2.51. The fourth-order valence-corrected chi connectivity index (χ4v) is 12.1. The van der Waals surface area contributed by atoms with Gasteiger partial charge >= 0.3 is 0 Å². The molecule has 0 aromatic heterocycles. The lowest BCUT2D eigenvalue weighted by molar-refractivity contribution is -0.277. The van der Waals surface area contributed by atoms with Crippen LogP contribution in [0.25, 0.3) is 0 Å². The number of fused-ring (bicyclic) bond motifs is 6. The molecule has 1 unspecified atom stereocenters. The van der Waals surface area contributed by atoms with Gasteiger partial charge in [0, 0.05) is 48.1 Å². The van der Waals surface area contributed by atoms with E-state index in [1.807, 2.05) is 20.8 Å². The molecule has 22 nitrogen and oxygen atoms in total. The highest BCUT2D eigenvalue weighted by molar-refractivity contribution is 6.01. The van der Waals surface area contributed by atoms with Crippen molar-refractivity contribution in [3.63, 3.8) is 0 Å². The number of rotatable bonds is 25. The smallest absolute Gasteiger partial charge is 0.295 e. The van der Waals surface area contributed by atoms with Crippen molar-refractivity contribution in [3.8, 4) is 23.0 Å². The van der Waals surface area contributed by atoms with Crippen molar-refractivity contribution in [2.24, 2.45) is 0 Å². The Bertz CT molecular complexity index is 2860. The maximum Gasteiger partial charge on any atom is 0.295 e. The van der Waals surface area contributed by atoms with Gasteiger partial charge in [0.05, 0.1) is 49.6 Å². The van der Waals surface area contributed by atoms with E-state index in [1.54, 1.807) is 18.7 Å². The van der Waals surface area contributed by atoms with E-state index >= 15 is 0 Å². The average molecular weight is 1190 g/mol. The van der Waals surface area contributed by atoms with Gasteiger partial charge in [0.1, 0.15) is 83.0 Å². The lowest BCUT2D eigenvalue weighted by Gasteiger charge is -2.42. The Morgan fingerprint density at radius 3 is 1.49 bits per heavy atom. The Morgan fingerprint density at radius 2 is 1.06 bits per heavy atom. The standard InChI is InChI=1S/C63H88N2O20/c1-33(2)14-9-16-35(5)18-11-21-62(7)47(69)26-39-43(80-60-54(75)52(73)50(71)45(30-66)82-60)24-37-41(56(39)84-62)28-64(58(37)77)23-13-20-49(79-32-68)65-29-42-38(59(65)78)25-44(81-61-55(76)53(74)51(72)46(31-67)83-61)40-27-48(70)63(8,85-57(40)42)22-12-19-36(6)17-10-15-34(3)4/h14-15,18-19,24-25,32,45-55,60-61,66-67,69-76H,9-13,16-17,20-23,26-31H2,1-8H3/b35-18+,36-19+/t45-,46-,47+,48+,49?,50-,51-,52+,53+,54-,55-,60-,61-,62-,63-/m1/s1. The molecule has 2 saturated heterocycles. The summed E-state index contributed by atoms with van der Waals surface area (Å²) in [5, 5.41) is 108. The van der Waals surface area contributed by atoms with E-state index in [4.69, 9.17) is 33.2 Å². The summed E-state index contributed by atoms with van der Waals surface area (Å²) in [5.41, 5.74) is 4.40. The first-order valence-electron chi connectivity index (χ1n) is 29.7. The predicted octanol–water partition coefficient (Wildman–Crippen LogP) is 3.99. The molecule has 0 spiro atoms. The molecule has 2 fully saturated rings. The molecule has 6 aliphatic heterocycles. The Hall–Kier alpha value is -5.47. The number of carbonyl (C=O) groups excluding carboxylic acids is 3. The van der Waals surface area contributed by atoms with Gasteiger partial charge in [-0.25, -0.2) is 0 Å². The van der Waals surface area contributed by atoms with Gasteiger partial charge < -0.3 is 89.1 Å². The average Bonchev–Trinajstić information content (AvgIpc) is 2.00. The van der Waals surface area contributed by atoms with Crippen LogP contribution in [0.1, 0.15) is 163 Å². The van der Waals surface area contributed by atoms with Gasteiger partial charge in [0.25, 0.3) is 18.3 Å². The zero-order valence-electron chi connectivity index (χ0n) is 50.0. The number of carbonyl (C=O) groups is 3. The Kier molecular flexibility index (Phi) is 21.4. The van der Waals surface area contributed by atoms with Crippen LogP contribution in [-0.4, -0.2) is 190 Å². The van der Waals surface area contributed by atoms with E-state index < -0.39 is 116 Å². The van der Waals surface area contributed by atoms with Crippen LogP contribution in [0.4, 0.5) is 0 Å². The first kappa shape index (κ1) is 65.5. The monoisotopic (exact) mass is 1190 g/mol. The highest BCUT2D eigenvalue weighted by atomic mass is 16.7. The largest absolute Gasteiger partial charge is 0.484 e. The second kappa shape index (κ2) is 27.7. The fourth-order valence-electron chi connectivity index (χ4n) is 12.1. The van der Waals surface area contributed by atoms with Crippen molar-refractivity contribution < 1.29 is 98.6 Å². The second-order valence-corrected chi connectivity index (χ2v) is 24.6. The number of nitrogens with zero attached hydrogens (tertiary/aromatic N) is 2. The molecule has 2 amide bonds. The molecule has 0 bridgehead atoms. The summed E-state index contributed by atoms with van der Waals surface area (Å²) >= 11 is 0. The fraction of sp³-hybridized carbons (Fsp3) is 0.635. The molecular formula is C63H88N2O20. The zero-order valence-corrected chi connectivity index (χ0v) is 50.0. The maximum absolute atomic E-state index is 14.8. The maximum atomic E-state index is 14.8. The summed E-state index contributed by atoms with van der Waals surface area (Å²) in [7, 11) is 0. The topological polar surface area (TPSA) is 325 Å². The molecule has 2 aromatic carbocycles. The lowest BCUT2D eigenvalue weighted by Crippen LogP contribution is -2.60. The van der Waals surface area contributed by atoms with E-state index in [0.717, 1.165) is 25.7 Å². The number of allylic oxidation sites excluding steroid dienone is 8. The Labute approximate surface area is 496 Å². The van der Waals surface area contributed by atoms with E-state index in [2.05, 4.69) is 45.1 Å². The zero-order chi connectivity index (χ0) is 61.8. The van der Waals surface area contributed by atoms with Crippen LogP contribution >= 0.6 is 0 Å². The van der Waals surface area contributed by atoms with Crippen molar-refractivity contribution >= 4 is 18.3 Å². The van der Waals surface area contributed by atoms with Gasteiger partial charge in [-0.3, -0.25) is 19.3 Å². The molecule has 10 N–H and O–H groups in total. The number of hydrogen-bond donors (Lipinski definition) is 10. The molecule has 6 aliphatic rings. The Balaban J connectivity index is 1.04. The third-order valence-electron chi connectivity index (χ3n) is 17.5. The Morgan fingerprint density at radius 1 is 0.612 bits per heavy atom. The molecule has 0 radical (unpaired) electrons. The lowest BCUT2D eigenvalue weighted by atomic mass is 9.84. The van der Waals surface area contributed by atoms with Gasteiger partial charge in [-0.2, -0.15) is 0 Å². The first-order valence-corrected chi connectivity index (χ1v) is 29.7. The summed E-state index contributed by atoms with van der Waals surface area (Å²) in [4.78, 5) is 44.5. The molecule has 0 saturated carbocycles. The number of aliphatic hydroxyl groups is 10. The van der Waals surface area contributed by atoms with Crippen LogP contribution in [0, 0.1) is 0 Å². The minimum absolute atomic E-state index is 0.00389. The van der Waals surface area contributed by atoms with Gasteiger partial charge in [0.2, 0.25) is 12.6 Å². The summed E-state index contributed by atoms with van der Waals surface area (Å²) < 4.78 is 43.0. The second-order valence-electron chi connectivity index (χ2n) is 24.6. The molecule has 2 aromatic rings. The third-order valence-corrected chi connectivity index (χ3v) is 17.5. The summed E-state index contributed by atoms with van der Waals surface area (Å²) in [6, 6.07) is 2.86. The van der Waals surface area contributed by atoms with Crippen molar-refractivity contribution in [2.75, 3.05) is 19.8 Å². The van der Waals surface area contributed by atoms with Gasteiger partial charge in [-0.1, -0.05) is 46.6 Å². The van der Waals surface area contributed by atoms with Gasteiger partial charge in [-0.15, -0.1) is 0 Å². The van der Waals surface area contributed by atoms with Crippen molar-refractivity contribution in [1.29, 1.82) is 0 Å². The van der Waals surface area contributed by atoms with E-state index in [9.17, 15) is 65.4 Å². The first-order chi connectivity index (χ1) is 40.3. The molecular weight excluding hydrogens is 1100 g/mol. The molecule has 8 rings (SSSR count). The minimum atomic E-state index is -1.80. The van der Waals surface area contributed by atoms with Crippen LogP contribution in [0.3, 0.4) is 0 Å². The molecule has 470 valence electrons. The van der Waals surface area contributed by atoms with E-state index in [0.29, 0.717) is 53.7 Å². The number of aliphatic hydroxyl groups excluding tert-OH is 10. The number of hydrogen-bond acceptors (Lipinski definition) is 20. The minimum Gasteiger partial charge on any atom is -0.484 e. The molecule has 0 aliphatic carbocycles. The molecule has 6 heterocycles. The van der Waals surface area contributed by atoms with Crippen LogP contribution in [0.2, 0.25) is 0 Å². The van der Waals surface area contributed by atoms with Crippen molar-refractivity contribution in [1.82, 2.24) is 9.80 Å². The predicted molar refractivity (Wildman–Crippen MR) is 307 cm³/mol. The van der Waals surface area contributed by atoms with Gasteiger partial charge in [-0.05, 0) is 125 Å². The van der Waals surface area contributed by atoms with Crippen LogP contribution in [-0.2, 0) is 44.9 Å². The number of ether oxygens (including phenoxy) is 7. The molecule has 85 heavy (non-hydrogen) atoms. The van der Waals surface area contributed by atoms with Crippen LogP contribution < -0.4 is 18.9 Å².